The average molecular weight is 358 g/mol. The number of nitrogens with zero attached hydrogens (tertiary/aromatic N) is 1. The van der Waals surface area contributed by atoms with E-state index >= 15 is 0 Å². The first-order chi connectivity index (χ1) is 12.2. The molecule has 0 radical (unpaired) electrons. The summed E-state index contributed by atoms with van der Waals surface area (Å²) in [6.45, 7) is 4.53. The van der Waals surface area contributed by atoms with E-state index in [0.717, 1.165) is 28.6 Å². The molecule has 1 heterocycles. The van der Waals surface area contributed by atoms with E-state index in [1.54, 1.807) is 11.8 Å². The number of likely N-dealkylation sites (tertiary alicyclic amines) is 1. The Balaban J connectivity index is 1.45. The summed E-state index contributed by atoms with van der Waals surface area (Å²) in [7, 11) is 0. The van der Waals surface area contributed by atoms with Crippen LogP contribution in [0.1, 0.15) is 25.7 Å². The van der Waals surface area contributed by atoms with Crippen LogP contribution in [-0.4, -0.2) is 31.1 Å². The third-order valence-electron chi connectivity index (χ3n) is 4.44. The molecule has 134 valence electrons. The molecule has 1 aliphatic heterocycles. The van der Waals surface area contributed by atoms with E-state index < -0.39 is 0 Å². The van der Waals surface area contributed by atoms with Crippen LogP contribution in [0.4, 0.5) is 11.4 Å². The molecule has 2 aromatic carbocycles. The third kappa shape index (κ3) is 5.58. The maximum absolute atomic E-state index is 5.92. The van der Waals surface area contributed by atoms with Gasteiger partial charge >= 0.3 is 0 Å². The van der Waals surface area contributed by atoms with E-state index in [2.05, 4.69) is 17.0 Å². The van der Waals surface area contributed by atoms with Crippen LogP contribution >= 0.6 is 11.8 Å². The van der Waals surface area contributed by atoms with Crippen LogP contribution in [0.15, 0.2) is 52.3 Å². The van der Waals surface area contributed by atoms with E-state index in [9.17, 15) is 0 Å². The summed E-state index contributed by atoms with van der Waals surface area (Å²) in [5.74, 6) is 0.926. The molecular weight excluding hydrogens is 330 g/mol. The lowest BCUT2D eigenvalue weighted by Gasteiger charge is -2.14. The van der Waals surface area contributed by atoms with E-state index in [0.29, 0.717) is 11.4 Å². The Bertz CT molecular complexity index is 686. The molecule has 0 spiro atoms. The Morgan fingerprint density at radius 2 is 1.72 bits per heavy atom. The first-order valence-electron chi connectivity index (χ1n) is 8.99. The minimum absolute atomic E-state index is 0.621. The Morgan fingerprint density at radius 3 is 2.52 bits per heavy atom. The molecule has 1 fully saturated rings. The lowest BCUT2D eigenvalue weighted by atomic mass is 10.3. The van der Waals surface area contributed by atoms with Crippen molar-refractivity contribution < 1.29 is 4.74 Å². The molecule has 0 unspecified atom stereocenters. The summed E-state index contributed by atoms with van der Waals surface area (Å²) in [4.78, 5) is 4.77. The number of benzene rings is 2. The monoisotopic (exact) mass is 357 g/mol. The van der Waals surface area contributed by atoms with Gasteiger partial charge in [0.15, 0.2) is 0 Å². The summed E-state index contributed by atoms with van der Waals surface area (Å²) in [5.41, 5.74) is 12.9. The molecule has 1 saturated heterocycles. The van der Waals surface area contributed by atoms with Crippen molar-refractivity contribution in [1.29, 1.82) is 0 Å². The molecule has 4 N–H and O–H groups in total. The molecule has 0 atom stereocenters. The Labute approximate surface area is 154 Å². The Morgan fingerprint density at radius 1 is 0.920 bits per heavy atom. The minimum Gasteiger partial charge on any atom is -0.494 e. The Kier molecular flexibility index (Phi) is 6.48. The second-order valence-electron chi connectivity index (χ2n) is 6.47. The smallest absolute Gasteiger partial charge is 0.120 e. The first kappa shape index (κ1) is 18.0. The van der Waals surface area contributed by atoms with Crippen LogP contribution in [-0.2, 0) is 0 Å². The van der Waals surface area contributed by atoms with Crippen molar-refractivity contribution in [3.63, 3.8) is 0 Å². The van der Waals surface area contributed by atoms with Gasteiger partial charge in [0.05, 0.1) is 18.0 Å². The summed E-state index contributed by atoms with van der Waals surface area (Å²) in [5, 5.41) is 0. The van der Waals surface area contributed by atoms with Gasteiger partial charge in [-0.05, 0) is 81.7 Å². The third-order valence-corrected chi connectivity index (χ3v) is 5.41. The molecule has 3 rings (SSSR count). The van der Waals surface area contributed by atoms with Gasteiger partial charge < -0.3 is 21.1 Å². The van der Waals surface area contributed by atoms with Crippen molar-refractivity contribution >= 4 is 23.1 Å². The minimum atomic E-state index is 0.621. The predicted octanol–water partition coefficient (Wildman–Crippen LogP) is 4.26. The van der Waals surface area contributed by atoms with Crippen molar-refractivity contribution in [3.8, 4) is 5.75 Å². The van der Waals surface area contributed by atoms with Gasteiger partial charge in [0.25, 0.3) is 0 Å². The van der Waals surface area contributed by atoms with Crippen molar-refractivity contribution in [2.45, 2.75) is 35.5 Å². The zero-order valence-corrected chi connectivity index (χ0v) is 15.4. The number of nitrogen functional groups attached to an aromatic ring is 2. The quantitative estimate of drug-likeness (QED) is 0.546. The fourth-order valence-corrected chi connectivity index (χ4v) is 3.93. The molecule has 0 amide bonds. The molecular formula is C20H27N3OS. The summed E-state index contributed by atoms with van der Waals surface area (Å²) >= 11 is 1.66. The van der Waals surface area contributed by atoms with Crippen LogP contribution < -0.4 is 16.2 Å². The summed E-state index contributed by atoms with van der Waals surface area (Å²) in [6, 6.07) is 14.0. The second kappa shape index (κ2) is 9.02. The van der Waals surface area contributed by atoms with Crippen LogP contribution in [0.2, 0.25) is 0 Å². The van der Waals surface area contributed by atoms with Gasteiger partial charge in [0.2, 0.25) is 0 Å². The second-order valence-corrected chi connectivity index (χ2v) is 7.62. The Hall–Kier alpha value is -1.85. The van der Waals surface area contributed by atoms with Crippen molar-refractivity contribution in [2.24, 2.45) is 0 Å². The topological polar surface area (TPSA) is 64.5 Å². The average Bonchev–Trinajstić information content (AvgIpc) is 3.12. The van der Waals surface area contributed by atoms with Crippen LogP contribution in [0, 0.1) is 0 Å². The van der Waals surface area contributed by atoms with E-state index in [1.165, 1.54) is 38.9 Å². The standard InChI is InChI=1S/C20H27N3OS/c21-19-9-8-18(15-20(19)22)25-17-7-5-6-16(14-17)24-13-4-3-12-23-10-1-2-11-23/h5-9,14-15H,1-4,10-13,21-22H2. The predicted molar refractivity (Wildman–Crippen MR) is 106 cm³/mol. The number of hydrogen-bond acceptors (Lipinski definition) is 5. The zero-order valence-electron chi connectivity index (χ0n) is 14.6. The highest BCUT2D eigenvalue weighted by atomic mass is 32.2. The largest absolute Gasteiger partial charge is 0.494 e. The maximum Gasteiger partial charge on any atom is 0.120 e. The molecule has 2 aromatic rings. The lowest BCUT2D eigenvalue weighted by molar-refractivity contribution is 0.279. The maximum atomic E-state index is 5.92. The highest BCUT2D eigenvalue weighted by molar-refractivity contribution is 7.99. The van der Waals surface area contributed by atoms with Crippen LogP contribution in [0.3, 0.4) is 0 Å². The van der Waals surface area contributed by atoms with Crippen LogP contribution in [0.5, 0.6) is 5.75 Å². The summed E-state index contributed by atoms with van der Waals surface area (Å²) in [6.07, 6.45) is 5.03. The van der Waals surface area contributed by atoms with Gasteiger partial charge in [-0.2, -0.15) is 0 Å². The molecule has 1 aliphatic rings. The molecule has 0 bridgehead atoms. The molecule has 0 aliphatic carbocycles. The molecule has 25 heavy (non-hydrogen) atoms. The number of unbranched alkanes of at least 4 members (excludes halogenated alkanes) is 1. The zero-order chi connectivity index (χ0) is 17.5. The number of nitrogens with two attached hydrogens (primary N) is 2. The van der Waals surface area contributed by atoms with Gasteiger partial charge in [-0.1, -0.05) is 17.8 Å². The van der Waals surface area contributed by atoms with Crippen molar-refractivity contribution in [1.82, 2.24) is 4.90 Å². The van der Waals surface area contributed by atoms with E-state index in [4.69, 9.17) is 16.2 Å². The highest BCUT2D eigenvalue weighted by Gasteiger charge is 2.10. The SMILES string of the molecule is Nc1ccc(Sc2cccc(OCCCCN3CCCC3)c2)cc1N. The molecule has 0 aromatic heterocycles. The van der Waals surface area contributed by atoms with Crippen molar-refractivity contribution in [2.75, 3.05) is 37.7 Å². The lowest BCUT2D eigenvalue weighted by Crippen LogP contribution is -2.20. The van der Waals surface area contributed by atoms with Gasteiger partial charge in [-0.25, -0.2) is 0 Å². The van der Waals surface area contributed by atoms with Crippen molar-refractivity contribution in [3.05, 3.63) is 42.5 Å². The van der Waals surface area contributed by atoms with Crippen LogP contribution in [0.25, 0.3) is 0 Å². The first-order valence-corrected chi connectivity index (χ1v) is 9.80. The highest BCUT2D eigenvalue weighted by Crippen LogP contribution is 2.32. The van der Waals surface area contributed by atoms with Gasteiger partial charge in [0, 0.05) is 9.79 Å². The van der Waals surface area contributed by atoms with Gasteiger partial charge in [-0.3, -0.25) is 0 Å². The number of hydrogen-bond donors (Lipinski definition) is 2. The fourth-order valence-electron chi connectivity index (χ4n) is 3.01. The molecule has 0 saturated carbocycles. The number of rotatable bonds is 8. The number of ether oxygens (including phenoxy) is 1. The number of anilines is 2. The summed E-state index contributed by atoms with van der Waals surface area (Å²) < 4.78 is 5.92. The van der Waals surface area contributed by atoms with Gasteiger partial charge in [0.1, 0.15) is 5.75 Å². The fraction of sp³-hybridized carbons (Fsp3) is 0.400. The van der Waals surface area contributed by atoms with E-state index in [1.807, 2.05) is 30.3 Å². The van der Waals surface area contributed by atoms with Gasteiger partial charge in [-0.15, -0.1) is 0 Å². The molecule has 5 heteroatoms. The normalized spacial score (nSPS) is 14.7. The molecule has 4 nitrogen and oxygen atoms in total. The van der Waals surface area contributed by atoms with E-state index in [-0.39, 0.29) is 0 Å².